The number of nitrogens with one attached hydrogen (secondary N) is 1. The van der Waals surface area contributed by atoms with E-state index in [4.69, 9.17) is 0 Å². The summed E-state index contributed by atoms with van der Waals surface area (Å²) in [5, 5.41) is 2.94. The van der Waals surface area contributed by atoms with Crippen LogP contribution >= 0.6 is 0 Å². The molecule has 160 valence electrons. The van der Waals surface area contributed by atoms with Gasteiger partial charge in [-0.05, 0) is 36.6 Å². The van der Waals surface area contributed by atoms with Gasteiger partial charge in [0, 0.05) is 43.4 Å². The zero-order chi connectivity index (χ0) is 21.8. The average molecular weight is 421 g/mol. The lowest BCUT2D eigenvalue weighted by atomic mass is 9.97. The molecule has 1 N–H and O–H groups in total. The smallest absolute Gasteiger partial charge is 0.259 e. The molecule has 0 atom stereocenters. The van der Waals surface area contributed by atoms with Gasteiger partial charge in [-0.3, -0.25) is 4.79 Å². The highest BCUT2D eigenvalue weighted by molar-refractivity contribution is 6.09. The highest BCUT2D eigenvalue weighted by atomic mass is 19.3. The lowest BCUT2D eigenvalue weighted by Crippen LogP contribution is -2.30. The number of hydrogen-bond donors (Lipinski definition) is 1. The fourth-order valence-electron chi connectivity index (χ4n) is 4.00. The molecule has 31 heavy (non-hydrogen) atoms. The Labute approximate surface area is 180 Å². The van der Waals surface area contributed by atoms with Crippen molar-refractivity contribution in [2.24, 2.45) is 0 Å². The van der Waals surface area contributed by atoms with E-state index in [1.807, 2.05) is 72.5 Å². The summed E-state index contributed by atoms with van der Waals surface area (Å²) < 4.78 is 27.9. The molecule has 0 radical (unpaired) electrons. The van der Waals surface area contributed by atoms with Gasteiger partial charge in [0.25, 0.3) is 5.91 Å². The predicted octanol–water partition coefficient (Wildman–Crippen LogP) is 5.93. The highest BCUT2D eigenvalue weighted by Crippen LogP contribution is 2.34. The molecule has 2 aromatic carbocycles. The number of carbonyl (C=O) groups is 1. The van der Waals surface area contributed by atoms with E-state index in [9.17, 15) is 13.6 Å². The number of benzene rings is 2. The van der Waals surface area contributed by atoms with Gasteiger partial charge in [-0.15, -0.1) is 0 Å². The Hall–Kier alpha value is -3.28. The minimum absolute atomic E-state index is 0.143. The van der Waals surface area contributed by atoms with Crippen molar-refractivity contribution in [1.29, 1.82) is 0 Å². The third kappa shape index (κ3) is 4.74. The molecule has 1 saturated heterocycles. The Morgan fingerprint density at radius 1 is 1.00 bits per heavy atom. The number of halogens is 2. The molecule has 4 nitrogen and oxygen atoms in total. The van der Waals surface area contributed by atoms with Crippen LogP contribution in [0.3, 0.4) is 0 Å². The molecule has 0 saturated carbocycles. The fourth-order valence-corrected chi connectivity index (χ4v) is 4.00. The summed E-state index contributed by atoms with van der Waals surface area (Å²) in [5.41, 5.74) is 3.68. The molecule has 0 spiro atoms. The second-order valence-electron chi connectivity index (χ2n) is 7.88. The molecule has 1 aliphatic heterocycles. The van der Waals surface area contributed by atoms with Gasteiger partial charge < -0.3 is 10.2 Å². The first-order valence-electron chi connectivity index (χ1n) is 10.5. The van der Waals surface area contributed by atoms with E-state index >= 15 is 0 Å². The summed E-state index contributed by atoms with van der Waals surface area (Å²) in [4.78, 5) is 19.8. The number of amides is 1. The molecule has 0 bridgehead atoms. The topological polar surface area (TPSA) is 45.2 Å². The monoisotopic (exact) mass is 421 g/mol. The van der Waals surface area contributed by atoms with E-state index in [0.717, 1.165) is 16.7 Å². The van der Waals surface area contributed by atoms with Crippen LogP contribution in [0, 0.1) is 6.92 Å². The summed E-state index contributed by atoms with van der Waals surface area (Å²) in [6.45, 7) is 2.49. The summed E-state index contributed by atoms with van der Waals surface area (Å²) in [6, 6.07) is 18.9. The highest BCUT2D eigenvalue weighted by Gasteiger charge is 2.33. The third-order valence-corrected chi connectivity index (χ3v) is 5.68. The van der Waals surface area contributed by atoms with Gasteiger partial charge in [0.15, 0.2) is 0 Å². The van der Waals surface area contributed by atoms with E-state index in [1.165, 1.54) is 0 Å². The molecule has 0 unspecified atom stereocenters. The maximum atomic E-state index is 13.9. The average Bonchev–Trinajstić information content (AvgIpc) is 2.95. The number of pyridine rings is 1. The Morgan fingerprint density at radius 2 is 1.68 bits per heavy atom. The number of hydrogen-bond acceptors (Lipinski definition) is 3. The molecule has 3 aromatic rings. The van der Waals surface area contributed by atoms with Gasteiger partial charge in [-0.1, -0.05) is 48.5 Å². The molecular weight excluding hydrogens is 396 g/mol. The molecule has 2 heterocycles. The van der Waals surface area contributed by atoms with Crippen LogP contribution in [-0.2, 0) is 0 Å². The van der Waals surface area contributed by atoms with Gasteiger partial charge in [-0.2, -0.15) is 0 Å². The number of alkyl halides is 2. The van der Waals surface area contributed by atoms with Crippen LogP contribution in [0.5, 0.6) is 0 Å². The van der Waals surface area contributed by atoms with Crippen LogP contribution in [0.25, 0.3) is 11.1 Å². The normalized spacial score (nSPS) is 15.9. The summed E-state index contributed by atoms with van der Waals surface area (Å²) in [6.07, 6.45) is 1.71. The lowest BCUT2D eigenvalue weighted by molar-refractivity contribution is -0.0102. The summed E-state index contributed by atoms with van der Waals surface area (Å²) in [5.74, 6) is -2.51. The van der Waals surface area contributed by atoms with Gasteiger partial charge in [0.05, 0.1) is 5.56 Å². The Balaban J connectivity index is 1.77. The van der Waals surface area contributed by atoms with Crippen LogP contribution in [-0.4, -0.2) is 29.9 Å². The predicted molar refractivity (Wildman–Crippen MR) is 120 cm³/mol. The number of carbonyl (C=O) groups excluding carboxylic acids is 1. The third-order valence-electron chi connectivity index (χ3n) is 5.68. The molecule has 1 aromatic heterocycles. The van der Waals surface area contributed by atoms with Crippen molar-refractivity contribution in [3.63, 3.8) is 0 Å². The second kappa shape index (κ2) is 8.84. The Bertz CT molecular complexity index is 1060. The number of rotatable bonds is 4. The van der Waals surface area contributed by atoms with Crippen molar-refractivity contribution in [2.75, 3.05) is 23.3 Å². The quantitative estimate of drug-likeness (QED) is 0.567. The maximum Gasteiger partial charge on any atom is 0.259 e. The van der Waals surface area contributed by atoms with Crippen LogP contribution in [0.4, 0.5) is 20.3 Å². The van der Waals surface area contributed by atoms with Crippen molar-refractivity contribution in [2.45, 2.75) is 32.1 Å². The summed E-state index contributed by atoms with van der Waals surface area (Å²) in [7, 11) is 0. The van der Waals surface area contributed by atoms with Crippen LogP contribution in [0.15, 0.2) is 66.9 Å². The molecule has 1 fully saturated rings. The first-order chi connectivity index (χ1) is 14.9. The van der Waals surface area contributed by atoms with Crippen molar-refractivity contribution < 1.29 is 13.6 Å². The van der Waals surface area contributed by atoms with E-state index in [-0.39, 0.29) is 25.3 Å². The number of para-hydroxylation sites is 1. The first-order valence-corrected chi connectivity index (χ1v) is 10.5. The number of aromatic nitrogens is 1. The first kappa shape index (κ1) is 21.0. The van der Waals surface area contributed by atoms with Crippen molar-refractivity contribution >= 4 is 17.4 Å². The van der Waals surface area contributed by atoms with E-state index < -0.39 is 5.92 Å². The van der Waals surface area contributed by atoms with E-state index in [2.05, 4.69) is 10.3 Å². The van der Waals surface area contributed by atoms with Gasteiger partial charge in [0.1, 0.15) is 5.82 Å². The van der Waals surface area contributed by atoms with Crippen LogP contribution in [0.1, 0.15) is 35.2 Å². The molecular formula is C25H25F2N3O. The van der Waals surface area contributed by atoms with E-state index in [1.54, 1.807) is 6.20 Å². The maximum absolute atomic E-state index is 13.9. The van der Waals surface area contributed by atoms with Crippen molar-refractivity contribution in [3.8, 4) is 11.1 Å². The SMILES string of the molecule is Cc1c(-c2ccccc2)cnc(N2CCCC(F)(F)CC2)c1C(=O)Nc1ccccc1. The lowest BCUT2D eigenvalue weighted by Gasteiger charge is -2.26. The molecule has 6 heteroatoms. The number of nitrogens with zero attached hydrogens (tertiary/aromatic N) is 2. The van der Waals surface area contributed by atoms with Gasteiger partial charge >= 0.3 is 0 Å². The van der Waals surface area contributed by atoms with Crippen molar-refractivity contribution in [3.05, 3.63) is 78.0 Å². The molecule has 0 aliphatic carbocycles. The van der Waals surface area contributed by atoms with Crippen LogP contribution < -0.4 is 10.2 Å². The van der Waals surface area contributed by atoms with Crippen molar-refractivity contribution in [1.82, 2.24) is 4.98 Å². The largest absolute Gasteiger partial charge is 0.356 e. The molecule has 1 aliphatic rings. The molecule has 4 rings (SSSR count). The Kier molecular flexibility index (Phi) is 5.98. The van der Waals surface area contributed by atoms with Gasteiger partial charge in [0.2, 0.25) is 5.92 Å². The number of anilines is 2. The zero-order valence-corrected chi connectivity index (χ0v) is 17.4. The van der Waals surface area contributed by atoms with Gasteiger partial charge in [-0.25, -0.2) is 13.8 Å². The fraction of sp³-hybridized carbons (Fsp3) is 0.280. The van der Waals surface area contributed by atoms with Crippen LogP contribution in [0.2, 0.25) is 0 Å². The summed E-state index contributed by atoms with van der Waals surface area (Å²) >= 11 is 0. The minimum atomic E-state index is -2.68. The standard InChI is InChI=1S/C25H25F2N3O/c1-18-21(19-9-4-2-5-10-19)17-28-23(30-15-8-13-25(26,27)14-16-30)22(18)24(31)29-20-11-6-3-7-12-20/h2-7,9-12,17H,8,13-16H2,1H3,(H,29,31). The Morgan fingerprint density at radius 3 is 2.39 bits per heavy atom. The second-order valence-corrected chi connectivity index (χ2v) is 7.88. The minimum Gasteiger partial charge on any atom is -0.356 e. The van der Waals surface area contributed by atoms with E-state index in [0.29, 0.717) is 30.0 Å². The zero-order valence-electron chi connectivity index (χ0n) is 17.4. The molecule has 1 amide bonds.